The van der Waals surface area contributed by atoms with Gasteiger partial charge in [0.25, 0.3) is 5.91 Å². The van der Waals surface area contributed by atoms with Crippen LogP contribution in [0.5, 0.6) is 0 Å². The van der Waals surface area contributed by atoms with Gasteiger partial charge in [0, 0.05) is 13.5 Å². The second kappa shape index (κ2) is 7.30. The van der Waals surface area contributed by atoms with E-state index in [2.05, 4.69) is 10.3 Å². The van der Waals surface area contributed by atoms with Crippen LogP contribution in [0.4, 0.5) is 5.13 Å². The Labute approximate surface area is 146 Å². The van der Waals surface area contributed by atoms with Gasteiger partial charge in [-0.2, -0.15) is 0 Å². The zero-order valence-corrected chi connectivity index (χ0v) is 14.9. The molecule has 128 valence electrons. The van der Waals surface area contributed by atoms with Crippen LogP contribution in [-0.2, 0) is 9.59 Å². The van der Waals surface area contributed by atoms with E-state index in [9.17, 15) is 9.59 Å². The van der Waals surface area contributed by atoms with Crippen LogP contribution in [0.2, 0.25) is 0 Å². The van der Waals surface area contributed by atoms with Gasteiger partial charge in [-0.3, -0.25) is 14.5 Å². The molecule has 1 atom stereocenters. The number of amides is 2. The molecule has 1 aromatic carbocycles. The minimum absolute atomic E-state index is 0.0429. The van der Waals surface area contributed by atoms with Crippen molar-refractivity contribution in [2.24, 2.45) is 5.92 Å². The van der Waals surface area contributed by atoms with Crippen molar-refractivity contribution >= 4 is 38.5 Å². The second-order valence-electron chi connectivity index (χ2n) is 6.27. The van der Waals surface area contributed by atoms with Gasteiger partial charge in [-0.25, -0.2) is 4.98 Å². The number of thiazole rings is 1. The number of nitrogens with one attached hydrogen (secondary N) is 1. The normalized spacial score (nSPS) is 16.2. The monoisotopic (exact) mass is 345 g/mol. The van der Waals surface area contributed by atoms with E-state index in [0.29, 0.717) is 11.7 Å². The van der Waals surface area contributed by atoms with Crippen LogP contribution in [0.1, 0.15) is 39.5 Å². The molecule has 0 bridgehead atoms. The van der Waals surface area contributed by atoms with Crippen LogP contribution in [0.3, 0.4) is 0 Å². The number of benzene rings is 1. The van der Waals surface area contributed by atoms with Gasteiger partial charge in [0.2, 0.25) is 5.91 Å². The molecule has 1 fully saturated rings. The van der Waals surface area contributed by atoms with Crippen molar-refractivity contribution < 1.29 is 9.59 Å². The Kier molecular flexibility index (Phi) is 5.14. The van der Waals surface area contributed by atoms with Crippen molar-refractivity contribution in [2.45, 2.75) is 45.6 Å². The molecule has 0 aliphatic heterocycles. The van der Waals surface area contributed by atoms with Gasteiger partial charge in [0.15, 0.2) is 5.13 Å². The standard InChI is InChI=1S/C18H23N3O2S/c1-3-21(18-20-14-10-6-7-11-15(14)24-18)17(23)16(19-12(2)22)13-8-4-5-9-13/h6-7,10-11,13,16H,3-5,8-9H2,1-2H3,(H,19,22)/t16-/m0/s1. The first-order valence-corrected chi connectivity index (χ1v) is 9.36. The average molecular weight is 345 g/mol. The molecule has 1 saturated carbocycles. The largest absolute Gasteiger partial charge is 0.344 e. The summed E-state index contributed by atoms with van der Waals surface area (Å²) >= 11 is 1.52. The Bertz CT molecular complexity index is 704. The topological polar surface area (TPSA) is 62.3 Å². The van der Waals surface area contributed by atoms with Gasteiger partial charge in [-0.1, -0.05) is 36.3 Å². The van der Waals surface area contributed by atoms with Crippen molar-refractivity contribution in [1.29, 1.82) is 0 Å². The van der Waals surface area contributed by atoms with E-state index in [1.165, 1.54) is 18.3 Å². The first kappa shape index (κ1) is 16.9. The highest BCUT2D eigenvalue weighted by Crippen LogP contribution is 2.32. The minimum atomic E-state index is -0.447. The molecule has 24 heavy (non-hydrogen) atoms. The number of rotatable bonds is 5. The van der Waals surface area contributed by atoms with Crippen molar-refractivity contribution in [1.82, 2.24) is 10.3 Å². The van der Waals surface area contributed by atoms with E-state index in [1.54, 1.807) is 4.90 Å². The fourth-order valence-corrected chi connectivity index (χ4v) is 4.45. The lowest BCUT2D eigenvalue weighted by Crippen LogP contribution is -2.51. The van der Waals surface area contributed by atoms with E-state index in [1.807, 2.05) is 31.2 Å². The highest BCUT2D eigenvalue weighted by atomic mass is 32.1. The molecule has 1 N–H and O–H groups in total. The fraction of sp³-hybridized carbons (Fsp3) is 0.500. The molecule has 5 nitrogen and oxygen atoms in total. The zero-order chi connectivity index (χ0) is 17.1. The number of carbonyl (C=O) groups excluding carboxylic acids is 2. The van der Waals surface area contributed by atoms with Crippen molar-refractivity contribution in [2.75, 3.05) is 11.4 Å². The van der Waals surface area contributed by atoms with Gasteiger partial charge in [-0.15, -0.1) is 0 Å². The zero-order valence-electron chi connectivity index (χ0n) is 14.1. The third kappa shape index (κ3) is 3.43. The summed E-state index contributed by atoms with van der Waals surface area (Å²) in [7, 11) is 0. The first-order chi connectivity index (χ1) is 11.6. The highest BCUT2D eigenvalue weighted by molar-refractivity contribution is 7.22. The molecule has 2 amide bonds. The first-order valence-electron chi connectivity index (χ1n) is 8.54. The molecule has 1 heterocycles. The summed E-state index contributed by atoms with van der Waals surface area (Å²) in [5.41, 5.74) is 0.903. The summed E-state index contributed by atoms with van der Waals surface area (Å²) in [6.45, 7) is 3.97. The summed E-state index contributed by atoms with van der Waals surface area (Å²) in [5.74, 6) is 0.0316. The molecule has 0 spiro atoms. The summed E-state index contributed by atoms with van der Waals surface area (Å²) in [6.07, 6.45) is 4.24. The SMILES string of the molecule is CCN(C(=O)[C@@H](NC(C)=O)C1CCCC1)c1nc2ccccc2s1. The number of para-hydroxylation sites is 1. The van der Waals surface area contributed by atoms with Crippen LogP contribution >= 0.6 is 11.3 Å². The second-order valence-corrected chi connectivity index (χ2v) is 7.28. The lowest BCUT2D eigenvalue weighted by Gasteiger charge is -2.28. The lowest BCUT2D eigenvalue weighted by molar-refractivity contribution is -0.127. The number of aromatic nitrogens is 1. The van der Waals surface area contributed by atoms with Gasteiger partial charge in [0.1, 0.15) is 6.04 Å². The maximum absolute atomic E-state index is 13.2. The molecule has 6 heteroatoms. The molecule has 0 saturated heterocycles. The molecule has 0 radical (unpaired) electrons. The van der Waals surface area contributed by atoms with Crippen molar-refractivity contribution in [3.63, 3.8) is 0 Å². The Morgan fingerprint density at radius 3 is 2.67 bits per heavy atom. The van der Waals surface area contributed by atoms with E-state index in [-0.39, 0.29) is 17.7 Å². The van der Waals surface area contributed by atoms with Crippen LogP contribution in [0, 0.1) is 5.92 Å². The lowest BCUT2D eigenvalue weighted by atomic mass is 9.96. The molecule has 3 rings (SSSR count). The predicted octanol–water partition coefficient (Wildman–Crippen LogP) is 3.34. The summed E-state index contributed by atoms with van der Waals surface area (Å²) in [6, 6.07) is 7.44. The Morgan fingerprint density at radius 1 is 1.33 bits per heavy atom. The molecular weight excluding hydrogens is 322 g/mol. The van der Waals surface area contributed by atoms with Crippen molar-refractivity contribution in [3.8, 4) is 0 Å². The smallest absolute Gasteiger partial charge is 0.251 e. The minimum Gasteiger partial charge on any atom is -0.344 e. The molecule has 1 aliphatic carbocycles. The summed E-state index contributed by atoms with van der Waals surface area (Å²) < 4.78 is 1.07. The molecule has 1 aliphatic rings. The van der Waals surface area contributed by atoms with Gasteiger partial charge >= 0.3 is 0 Å². The van der Waals surface area contributed by atoms with E-state index >= 15 is 0 Å². The molecular formula is C18H23N3O2S. The van der Waals surface area contributed by atoms with Crippen LogP contribution in [-0.4, -0.2) is 29.4 Å². The maximum atomic E-state index is 13.2. The molecule has 1 aromatic heterocycles. The average Bonchev–Trinajstić information content (AvgIpc) is 3.22. The number of hydrogen-bond donors (Lipinski definition) is 1. The number of nitrogens with zero attached hydrogens (tertiary/aromatic N) is 2. The van der Waals surface area contributed by atoms with Crippen molar-refractivity contribution in [3.05, 3.63) is 24.3 Å². The van der Waals surface area contributed by atoms with Crippen LogP contribution in [0.15, 0.2) is 24.3 Å². The quantitative estimate of drug-likeness (QED) is 0.904. The van der Waals surface area contributed by atoms with Gasteiger partial charge < -0.3 is 5.32 Å². The third-order valence-electron chi connectivity index (χ3n) is 4.59. The molecule has 0 unspecified atom stereocenters. The number of carbonyl (C=O) groups is 2. The summed E-state index contributed by atoms with van der Waals surface area (Å²) in [5, 5.41) is 3.59. The Hall–Kier alpha value is -1.95. The summed E-state index contributed by atoms with van der Waals surface area (Å²) in [4.78, 5) is 31.1. The highest BCUT2D eigenvalue weighted by Gasteiger charge is 2.35. The van der Waals surface area contributed by atoms with Crippen LogP contribution in [0.25, 0.3) is 10.2 Å². The third-order valence-corrected chi connectivity index (χ3v) is 5.65. The number of likely N-dealkylation sites (N-methyl/N-ethyl adjacent to an activating group) is 1. The fourth-order valence-electron chi connectivity index (χ4n) is 3.42. The van der Waals surface area contributed by atoms with E-state index < -0.39 is 6.04 Å². The van der Waals surface area contributed by atoms with Gasteiger partial charge in [0.05, 0.1) is 10.2 Å². The van der Waals surface area contributed by atoms with E-state index in [0.717, 1.165) is 35.9 Å². The van der Waals surface area contributed by atoms with Gasteiger partial charge in [-0.05, 0) is 37.8 Å². The number of fused-ring (bicyclic) bond motifs is 1. The van der Waals surface area contributed by atoms with Crippen LogP contribution < -0.4 is 10.2 Å². The predicted molar refractivity (Wildman–Crippen MR) is 97.2 cm³/mol. The van der Waals surface area contributed by atoms with E-state index in [4.69, 9.17) is 0 Å². The maximum Gasteiger partial charge on any atom is 0.251 e. The molecule has 2 aromatic rings. The number of anilines is 1. The Morgan fingerprint density at radius 2 is 2.04 bits per heavy atom. The number of hydrogen-bond acceptors (Lipinski definition) is 4. The Balaban J connectivity index is 1.88.